The van der Waals surface area contributed by atoms with Crippen LogP contribution in [0.15, 0.2) is 42.5 Å². The molecule has 0 aromatic heterocycles. The minimum Gasteiger partial charge on any atom is -0.494 e. The SMILES string of the molecule is CCOc1ccc(Oc2ccc(CCl)cc2F)cc1. The molecule has 0 spiro atoms. The van der Waals surface area contributed by atoms with Crippen molar-refractivity contribution in [1.82, 2.24) is 0 Å². The van der Waals surface area contributed by atoms with E-state index < -0.39 is 5.82 Å². The van der Waals surface area contributed by atoms with Crippen LogP contribution in [0.2, 0.25) is 0 Å². The Kier molecular flexibility index (Phi) is 4.63. The number of benzene rings is 2. The van der Waals surface area contributed by atoms with Gasteiger partial charge in [-0.2, -0.15) is 0 Å². The molecule has 19 heavy (non-hydrogen) atoms. The van der Waals surface area contributed by atoms with Gasteiger partial charge >= 0.3 is 0 Å². The summed E-state index contributed by atoms with van der Waals surface area (Å²) >= 11 is 5.64. The number of halogens is 2. The molecular weight excluding hydrogens is 267 g/mol. The second-order valence-electron chi connectivity index (χ2n) is 3.90. The molecule has 0 bridgehead atoms. The van der Waals surface area contributed by atoms with Gasteiger partial charge in [-0.15, -0.1) is 11.6 Å². The minimum atomic E-state index is -0.424. The highest BCUT2D eigenvalue weighted by Gasteiger charge is 2.06. The summed E-state index contributed by atoms with van der Waals surface area (Å²) < 4.78 is 24.5. The molecule has 0 amide bonds. The van der Waals surface area contributed by atoms with Gasteiger partial charge in [0.25, 0.3) is 0 Å². The fourth-order valence-electron chi connectivity index (χ4n) is 1.61. The van der Waals surface area contributed by atoms with Crippen LogP contribution in [-0.2, 0) is 5.88 Å². The van der Waals surface area contributed by atoms with Gasteiger partial charge in [-0.3, -0.25) is 0 Å². The van der Waals surface area contributed by atoms with Gasteiger partial charge in [-0.25, -0.2) is 4.39 Å². The third-order valence-electron chi connectivity index (χ3n) is 2.51. The lowest BCUT2D eigenvalue weighted by molar-refractivity contribution is 0.339. The molecule has 0 saturated heterocycles. The number of hydrogen-bond donors (Lipinski definition) is 0. The monoisotopic (exact) mass is 280 g/mol. The summed E-state index contributed by atoms with van der Waals surface area (Å²) in [5.74, 6) is 1.35. The molecule has 100 valence electrons. The number of rotatable bonds is 5. The van der Waals surface area contributed by atoms with Crippen molar-refractivity contribution in [3.8, 4) is 17.2 Å². The van der Waals surface area contributed by atoms with E-state index in [1.165, 1.54) is 6.07 Å². The van der Waals surface area contributed by atoms with E-state index in [1.807, 2.05) is 6.92 Å². The molecule has 0 radical (unpaired) electrons. The third-order valence-corrected chi connectivity index (χ3v) is 2.82. The first-order valence-electron chi connectivity index (χ1n) is 5.98. The molecule has 0 atom stereocenters. The highest BCUT2D eigenvalue weighted by atomic mass is 35.5. The van der Waals surface area contributed by atoms with Gasteiger partial charge < -0.3 is 9.47 Å². The Balaban J connectivity index is 2.12. The summed E-state index contributed by atoms with van der Waals surface area (Å²) in [6, 6.07) is 11.7. The second kappa shape index (κ2) is 6.43. The quantitative estimate of drug-likeness (QED) is 0.736. The molecule has 0 aliphatic carbocycles. The molecule has 0 heterocycles. The van der Waals surface area contributed by atoms with Gasteiger partial charge in [0, 0.05) is 5.88 Å². The summed E-state index contributed by atoms with van der Waals surface area (Å²) in [5.41, 5.74) is 0.721. The summed E-state index contributed by atoms with van der Waals surface area (Å²) in [6.45, 7) is 2.52. The van der Waals surface area contributed by atoms with E-state index in [4.69, 9.17) is 21.1 Å². The first-order chi connectivity index (χ1) is 9.22. The largest absolute Gasteiger partial charge is 0.494 e. The Morgan fingerprint density at radius 1 is 1.05 bits per heavy atom. The van der Waals surface area contributed by atoms with Crippen LogP contribution in [0, 0.1) is 5.82 Å². The average Bonchev–Trinajstić information content (AvgIpc) is 2.43. The zero-order chi connectivity index (χ0) is 13.7. The van der Waals surface area contributed by atoms with Gasteiger partial charge in [0.1, 0.15) is 11.5 Å². The number of alkyl halides is 1. The lowest BCUT2D eigenvalue weighted by Crippen LogP contribution is -1.92. The van der Waals surface area contributed by atoms with E-state index in [-0.39, 0.29) is 11.6 Å². The standard InChI is InChI=1S/C15H14ClFO2/c1-2-18-12-4-6-13(7-5-12)19-15-8-3-11(10-16)9-14(15)17/h3-9H,2,10H2,1H3. The van der Waals surface area contributed by atoms with Crippen molar-refractivity contribution in [3.63, 3.8) is 0 Å². The molecule has 4 heteroatoms. The zero-order valence-electron chi connectivity index (χ0n) is 10.5. The third kappa shape index (κ3) is 3.61. The molecule has 2 aromatic carbocycles. The molecule has 0 unspecified atom stereocenters. The Bertz CT molecular complexity index is 540. The van der Waals surface area contributed by atoms with Crippen molar-refractivity contribution in [1.29, 1.82) is 0 Å². The maximum absolute atomic E-state index is 13.7. The molecule has 0 aliphatic heterocycles. The fourth-order valence-corrected chi connectivity index (χ4v) is 1.77. The summed E-state index contributed by atoms with van der Waals surface area (Å²) in [5, 5.41) is 0. The lowest BCUT2D eigenvalue weighted by atomic mass is 10.2. The summed E-state index contributed by atoms with van der Waals surface area (Å²) in [7, 11) is 0. The maximum atomic E-state index is 13.7. The van der Waals surface area contributed by atoms with E-state index in [1.54, 1.807) is 36.4 Å². The molecule has 2 rings (SSSR count). The van der Waals surface area contributed by atoms with Crippen LogP contribution >= 0.6 is 11.6 Å². The number of hydrogen-bond acceptors (Lipinski definition) is 2. The van der Waals surface area contributed by atoms with Crippen molar-refractivity contribution in [3.05, 3.63) is 53.8 Å². The second-order valence-corrected chi connectivity index (χ2v) is 4.17. The average molecular weight is 281 g/mol. The van der Waals surface area contributed by atoms with E-state index in [9.17, 15) is 4.39 Å². The highest BCUT2D eigenvalue weighted by Crippen LogP contribution is 2.27. The smallest absolute Gasteiger partial charge is 0.166 e. The van der Waals surface area contributed by atoms with Crippen LogP contribution in [0.25, 0.3) is 0 Å². The van der Waals surface area contributed by atoms with Crippen molar-refractivity contribution < 1.29 is 13.9 Å². The fraction of sp³-hybridized carbons (Fsp3) is 0.200. The predicted octanol–water partition coefficient (Wildman–Crippen LogP) is 4.76. The first kappa shape index (κ1) is 13.7. The normalized spacial score (nSPS) is 10.3. The lowest BCUT2D eigenvalue weighted by Gasteiger charge is -2.08. The molecule has 2 aromatic rings. The Morgan fingerprint density at radius 3 is 2.32 bits per heavy atom. The Morgan fingerprint density at radius 2 is 1.74 bits per heavy atom. The van der Waals surface area contributed by atoms with Crippen LogP contribution in [0.5, 0.6) is 17.2 Å². The first-order valence-corrected chi connectivity index (χ1v) is 6.51. The van der Waals surface area contributed by atoms with E-state index >= 15 is 0 Å². The number of ether oxygens (including phenoxy) is 2. The summed E-state index contributed by atoms with van der Waals surface area (Å²) in [4.78, 5) is 0. The van der Waals surface area contributed by atoms with Crippen molar-refractivity contribution >= 4 is 11.6 Å². The zero-order valence-corrected chi connectivity index (χ0v) is 11.3. The van der Waals surface area contributed by atoms with Crippen LogP contribution in [0.1, 0.15) is 12.5 Å². The van der Waals surface area contributed by atoms with Crippen molar-refractivity contribution in [2.24, 2.45) is 0 Å². The van der Waals surface area contributed by atoms with Gasteiger partial charge in [0.05, 0.1) is 6.61 Å². The van der Waals surface area contributed by atoms with Gasteiger partial charge in [-0.1, -0.05) is 6.07 Å². The molecular formula is C15H14ClFO2. The van der Waals surface area contributed by atoms with E-state index in [0.717, 1.165) is 11.3 Å². The van der Waals surface area contributed by atoms with E-state index in [0.29, 0.717) is 12.4 Å². The summed E-state index contributed by atoms with van der Waals surface area (Å²) in [6.07, 6.45) is 0. The van der Waals surface area contributed by atoms with Crippen molar-refractivity contribution in [2.45, 2.75) is 12.8 Å². The van der Waals surface area contributed by atoms with E-state index in [2.05, 4.69) is 0 Å². The van der Waals surface area contributed by atoms with Crippen LogP contribution in [-0.4, -0.2) is 6.61 Å². The van der Waals surface area contributed by atoms with Gasteiger partial charge in [-0.05, 0) is 48.9 Å². The van der Waals surface area contributed by atoms with Crippen molar-refractivity contribution in [2.75, 3.05) is 6.61 Å². The van der Waals surface area contributed by atoms with Gasteiger partial charge in [0.15, 0.2) is 11.6 Å². The van der Waals surface area contributed by atoms with Crippen LogP contribution in [0.4, 0.5) is 4.39 Å². The maximum Gasteiger partial charge on any atom is 0.166 e. The van der Waals surface area contributed by atoms with Crippen LogP contribution in [0.3, 0.4) is 0 Å². The predicted molar refractivity (Wildman–Crippen MR) is 73.6 cm³/mol. The highest BCUT2D eigenvalue weighted by molar-refractivity contribution is 6.17. The molecule has 0 fully saturated rings. The molecule has 0 aliphatic rings. The minimum absolute atomic E-state index is 0.179. The molecule has 0 N–H and O–H groups in total. The topological polar surface area (TPSA) is 18.5 Å². The Hall–Kier alpha value is -1.74. The Labute approximate surface area is 116 Å². The molecule has 2 nitrogen and oxygen atoms in total. The van der Waals surface area contributed by atoms with Gasteiger partial charge in [0.2, 0.25) is 0 Å². The van der Waals surface area contributed by atoms with Crippen LogP contribution < -0.4 is 9.47 Å². The molecule has 0 saturated carbocycles.